The van der Waals surface area contributed by atoms with Crippen molar-refractivity contribution >= 4 is 5.91 Å². The normalized spacial score (nSPS) is 16.3. The Morgan fingerprint density at radius 2 is 2.00 bits per heavy atom. The van der Waals surface area contributed by atoms with Crippen molar-refractivity contribution in [3.63, 3.8) is 0 Å². The van der Waals surface area contributed by atoms with Crippen LogP contribution in [0.3, 0.4) is 0 Å². The molecule has 1 aliphatic rings. The van der Waals surface area contributed by atoms with Crippen LogP contribution in [0.5, 0.6) is 0 Å². The molecule has 1 aliphatic heterocycles. The molecule has 0 atom stereocenters. The minimum atomic E-state index is 0.135. The van der Waals surface area contributed by atoms with Crippen LogP contribution in [0.1, 0.15) is 24.8 Å². The third-order valence-electron chi connectivity index (χ3n) is 4.79. The molecule has 5 heteroatoms. The van der Waals surface area contributed by atoms with Crippen LogP contribution in [-0.2, 0) is 16.1 Å². The minimum Gasteiger partial charge on any atom is -0.385 e. The number of carbonyl (C=O) groups excluding carboxylic acids is 1. The summed E-state index contributed by atoms with van der Waals surface area (Å²) in [7, 11) is 3.89. The van der Waals surface area contributed by atoms with E-state index in [-0.39, 0.29) is 5.91 Å². The number of likely N-dealkylation sites (tertiary alicyclic amines) is 1. The maximum absolute atomic E-state index is 11.9. The lowest BCUT2D eigenvalue weighted by atomic mass is 9.96. The van der Waals surface area contributed by atoms with E-state index >= 15 is 0 Å². The molecule has 0 bridgehead atoms. The molecule has 1 saturated heterocycles. The van der Waals surface area contributed by atoms with Gasteiger partial charge in [-0.25, -0.2) is 0 Å². The number of rotatable bonds is 10. The number of amides is 1. The van der Waals surface area contributed by atoms with Crippen LogP contribution in [0, 0.1) is 5.92 Å². The van der Waals surface area contributed by atoms with E-state index in [2.05, 4.69) is 52.5 Å². The molecule has 0 aromatic heterocycles. The Hall–Kier alpha value is -1.43. The zero-order chi connectivity index (χ0) is 17.9. The van der Waals surface area contributed by atoms with Crippen LogP contribution in [0.4, 0.5) is 0 Å². The second-order valence-electron chi connectivity index (χ2n) is 7.10. The quantitative estimate of drug-likeness (QED) is 0.658. The number of hydrogen-bond acceptors (Lipinski definition) is 4. The highest BCUT2D eigenvalue weighted by Gasteiger charge is 2.21. The highest BCUT2D eigenvalue weighted by molar-refractivity contribution is 5.77. The van der Waals surface area contributed by atoms with Crippen LogP contribution in [0.2, 0.25) is 0 Å². The number of piperidine rings is 1. The third kappa shape index (κ3) is 7.99. The van der Waals surface area contributed by atoms with Crippen LogP contribution in [-0.4, -0.2) is 69.2 Å². The predicted octanol–water partition coefficient (Wildman–Crippen LogP) is 1.98. The van der Waals surface area contributed by atoms with Crippen molar-refractivity contribution in [1.82, 2.24) is 15.1 Å². The maximum Gasteiger partial charge on any atom is 0.234 e. The van der Waals surface area contributed by atoms with Crippen molar-refractivity contribution in [2.24, 2.45) is 5.92 Å². The van der Waals surface area contributed by atoms with Gasteiger partial charge in [0.15, 0.2) is 0 Å². The molecule has 0 spiro atoms. The van der Waals surface area contributed by atoms with Crippen molar-refractivity contribution in [2.75, 3.05) is 53.5 Å². The lowest BCUT2D eigenvalue weighted by Gasteiger charge is -2.33. The van der Waals surface area contributed by atoms with Crippen molar-refractivity contribution in [3.8, 4) is 0 Å². The summed E-state index contributed by atoms with van der Waals surface area (Å²) in [5.74, 6) is 0.866. The van der Waals surface area contributed by atoms with Crippen molar-refractivity contribution in [1.29, 1.82) is 0 Å². The van der Waals surface area contributed by atoms with Crippen LogP contribution >= 0.6 is 0 Å². The standard InChI is InChI=1S/C20H33N3O2/c1-22(15-18-7-4-3-5-8-18)16-19-9-12-23(13-10-19)17-20(24)21-11-6-14-25-2/h3-5,7-8,19H,6,9-17H2,1-2H3,(H,21,24). The van der Waals surface area contributed by atoms with E-state index in [1.54, 1.807) is 7.11 Å². The number of carbonyl (C=O) groups is 1. The first kappa shape index (κ1) is 19.9. The van der Waals surface area contributed by atoms with Gasteiger partial charge in [-0.3, -0.25) is 9.69 Å². The topological polar surface area (TPSA) is 44.8 Å². The first-order chi connectivity index (χ1) is 12.2. The Kier molecular flexibility index (Phi) is 8.94. The Morgan fingerprint density at radius 3 is 2.68 bits per heavy atom. The highest BCUT2D eigenvalue weighted by Crippen LogP contribution is 2.18. The van der Waals surface area contributed by atoms with Crippen LogP contribution in [0.25, 0.3) is 0 Å². The molecule has 2 rings (SSSR count). The van der Waals surface area contributed by atoms with Gasteiger partial charge in [0.25, 0.3) is 0 Å². The van der Waals surface area contributed by atoms with Gasteiger partial charge in [0.2, 0.25) is 5.91 Å². The number of methoxy groups -OCH3 is 1. The summed E-state index contributed by atoms with van der Waals surface area (Å²) in [4.78, 5) is 16.6. The van der Waals surface area contributed by atoms with Gasteiger partial charge >= 0.3 is 0 Å². The molecule has 5 nitrogen and oxygen atoms in total. The molecule has 0 radical (unpaired) electrons. The molecule has 0 unspecified atom stereocenters. The Morgan fingerprint density at radius 1 is 1.28 bits per heavy atom. The summed E-state index contributed by atoms with van der Waals surface area (Å²) in [6.07, 6.45) is 3.23. The minimum absolute atomic E-state index is 0.135. The largest absolute Gasteiger partial charge is 0.385 e. The summed E-state index contributed by atoms with van der Waals surface area (Å²) in [5, 5.41) is 2.97. The molecular formula is C20H33N3O2. The molecule has 25 heavy (non-hydrogen) atoms. The fraction of sp³-hybridized carbons (Fsp3) is 0.650. The molecule has 1 fully saturated rings. The monoisotopic (exact) mass is 347 g/mol. The average Bonchev–Trinajstić information content (AvgIpc) is 2.61. The Bertz CT molecular complexity index is 487. The molecule has 1 amide bonds. The fourth-order valence-corrected chi connectivity index (χ4v) is 3.43. The van der Waals surface area contributed by atoms with E-state index < -0.39 is 0 Å². The van der Waals surface area contributed by atoms with Crippen LogP contribution in [0.15, 0.2) is 30.3 Å². The molecule has 1 aromatic carbocycles. The van der Waals surface area contributed by atoms with Crippen molar-refractivity contribution in [3.05, 3.63) is 35.9 Å². The summed E-state index contributed by atoms with van der Waals surface area (Å²) in [5.41, 5.74) is 1.37. The smallest absolute Gasteiger partial charge is 0.234 e. The maximum atomic E-state index is 11.9. The Balaban J connectivity index is 1.60. The Labute approximate surface area is 152 Å². The first-order valence-corrected chi connectivity index (χ1v) is 9.38. The van der Waals surface area contributed by atoms with Gasteiger partial charge in [0.1, 0.15) is 0 Å². The van der Waals surface area contributed by atoms with Gasteiger partial charge < -0.3 is 15.0 Å². The van der Waals surface area contributed by atoms with E-state index in [1.807, 2.05) is 0 Å². The fourth-order valence-electron chi connectivity index (χ4n) is 3.43. The number of ether oxygens (including phenoxy) is 1. The number of nitrogens with one attached hydrogen (secondary N) is 1. The van der Waals surface area contributed by atoms with Crippen molar-refractivity contribution < 1.29 is 9.53 Å². The van der Waals surface area contributed by atoms with Gasteiger partial charge in [-0.05, 0) is 50.9 Å². The first-order valence-electron chi connectivity index (χ1n) is 9.38. The van der Waals surface area contributed by atoms with Crippen LogP contribution < -0.4 is 5.32 Å². The zero-order valence-corrected chi connectivity index (χ0v) is 15.7. The van der Waals surface area contributed by atoms with Gasteiger partial charge in [0, 0.05) is 33.4 Å². The third-order valence-corrected chi connectivity index (χ3v) is 4.79. The molecule has 0 aliphatic carbocycles. The SMILES string of the molecule is COCCCNC(=O)CN1CCC(CN(C)Cc2ccccc2)CC1. The van der Waals surface area contributed by atoms with E-state index in [0.717, 1.165) is 38.5 Å². The molecule has 1 aromatic rings. The van der Waals surface area contributed by atoms with E-state index in [4.69, 9.17) is 4.74 Å². The summed E-state index contributed by atoms with van der Waals surface area (Å²) in [6, 6.07) is 10.6. The van der Waals surface area contributed by atoms with Gasteiger partial charge in [-0.15, -0.1) is 0 Å². The zero-order valence-electron chi connectivity index (χ0n) is 15.7. The summed E-state index contributed by atoms with van der Waals surface area (Å²) < 4.78 is 4.99. The van der Waals surface area contributed by atoms with E-state index in [1.165, 1.54) is 18.4 Å². The van der Waals surface area contributed by atoms with Gasteiger partial charge in [-0.1, -0.05) is 30.3 Å². The second-order valence-corrected chi connectivity index (χ2v) is 7.10. The highest BCUT2D eigenvalue weighted by atomic mass is 16.5. The summed E-state index contributed by atoms with van der Waals surface area (Å²) >= 11 is 0. The number of benzene rings is 1. The van der Waals surface area contributed by atoms with E-state index in [9.17, 15) is 4.79 Å². The van der Waals surface area contributed by atoms with E-state index in [0.29, 0.717) is 19.7 Å². The van der Waals surface area contributed by atoms with Gasteiger partial charge in [0.05, 0.1) is 6.54 Å². The predicted molar refractivity (Wildman–Crippen MR) is 101 cm³/mol. The molecule has 140 valence electrons. The average molecular weight is 348 g/mol. The molecule has 1 N–H and O–H groups in total. The lowest BCUT2D eigenvalue weighted by molar-refractivity contribution is -0.122. The number of nitrogens with zero attached hydrogens (tertiary/aromatic N) is 2. The lowest BCUT2D eigenvalue weighted by Crippen LogP contribution is -2.43. The molecule has 0 saturated carbocycles. The molecular weight excluding hydrogens is 314 g/mol. The summed E-state index contributed by atoms with van der Waals surface area (Å²) in [6.45, 7) is 6.11. The molecule has 1 heterocycles. The van der Waals surface area contributed by atoms with Gasteiger partial charge in [-0.2, -0.15) is 0 Å². The van der Waals surface area contributed by atoms with Crippen molar-refractivity contribution in [2.45, 2.75) is 25.8 Å². The number of hydrogen-bond donors (Lipinski definition) is 1. The second kappa shape index (κ2) is 11.2.